The van der Waals surface area contributed by atoms with E-state index in [1.807, 2.05) is 0 Å². The number of anilines is 1. The first-order chi connectivity index (χ1) is 8.45. The number of aromatic nitrogens is 1. The number of nitrogens with one attached hydrogen (secondary N) is 1. The molecule has 100 valence electrons. The van der Waals surface area contributed by atoms with Crippen LogP contribution in [0.2, 0.25) is 0 Å². The molecule has 0 aliphatic heterocycles. The summed E-state index contributed by atoms with van der Waals surface area (Å²) in [5.74, 6) is -0.125. The van der Waals surface area contributed by atoms with E-state index in [1.165, 1.54) is 6.92 Å². The largest absolute Gasteiger partial charge is 0.463 e. The van der Waals surface area contributed by atoms with E-state index >= 15 is 0 Å². The zero-order chi connectivity index (χ0) is 13.7. The quantitative estimate of drug-likeness (QED) is 0.826. The molecule has 1 unspecified atom stereocenters. The average molecular weight is 256 g/mol. The molecule has 7 heteroatoms. The first kappa shape index (κ1) is 14.0. The third kappa shape index (κ3) is 3.47. The Kier molecular flexibility index (Phi) is 4.70. The van der Waals surface area contributed by atoms with Crippen LogP contribution < -0.4 is 5.32 Å². The van der Waals surface area contributed by atoms with Crippen LogP contribution in [-0.4, -0.2) is 29.9 Å². The Morgan fingerprint density at radius 3 is 2.61 bits per heavy atom. The molecule has 0 fully saturated rings. The van der Waals surface area contributed by atoms with Gasteiger partial charge in [0.05, 0.1) is 6.61 Å². The van der Waals surface area contributed by atoms with E-state index in [-0.39, 0.29) is 6.61 Å². The van der Waals surface area contributed by atoms with E-state index in [0.717, 1.165) is 0 Å². The molecule has 0 radical (unpaired) electrons. The number of esters is 1. The Balaban J connectivity index is 2.54. The molecule has 1 amide bonds. The second kappa shape index (κ2) is 6.04. The van der Waals surface area contributed by atoms with Crippen molar-refractivity contribution in [3.63, 3.8) is 0 Å². The van der Waals surface area contributed by atoms with Gasteiger partial charge < -0.3 is 14.0 Å². The van der Waals surface area contributed by atoms with Crippen molar-refractivity contribution in [3.8, 4) is 0 Å². The minimum atomic E-state index is -0.967. The van der Waals surface area contributed by atoms with Crippen LogP contribution in [0.25, 0.3) is 0 Å². The molecule has 0 aliphatic carbocycles. The summed E-state index contributed by atoms with van der Waals surface area (Å²) < 4.78 is 14.4. The predicted molar refractivity (Wildman–Crippen MR) is 62.2 cm³/mol. The van der Waals surface area contributed by atoms with Gasteiger partial charge in [-0.2, -0.15) is 0 Å². The van der Waals surface area contributed by atoms with Crippen molar-refractivity contribution in [2.75, 3.05) is 11.9 Å². The van der Waals surface area contributed by atoms with E-state index in [9.17, 15) is 9.59 Å². The monoisotopic (exact) mass is 256 g/mol. The van der Waals surface area contributed by atoms with Gasteiger partial charge in [0.15, 0.2) is 11.9 Å². The van der Waals surface area contributed by atoms with E-state index in [1.54, 1.807) is 20.8 Å². The standard InChI is InChI=1S/C11H16N2O5/c1-5-16-10(14)8(4)17-11(15)12-9-6(2)13-18-7(9)3/h8H,5H2,1-4H3,(H,12,15). The number of ether oxygens (including phenoxy) is 2. The summed E-state index contributed by atoms with van der Waals surface area (Å²) in [6, 6.07) is 0. The second-order valence-corrected chi connectivity index (χ2v) is 3.62. The lowest BCUT2D eigenvalue weighted by atomic mass is 10.3. The van der Waals surface area contributed by atoms with Crippen molar-refractivity contribution in [1.82, 2.24) is 5.16 Å². The Labute approximate surface area is 104 Å². The molecule has 1 N–H and O–H groups in total. The Morgan fingerprint density at radius 2 is 2.11 bits per heavy atom. The molecule has 18 heavy (non-hydrogen) atoms. The van der Waals surface area contributed by atoms with Crippen molar-refractivity contribution >= 4 is 17.7 Å². The zero-order valence-corrected chi connectivity index (χ0v) is 10.8. The van der Waals surface area contributed by atoms with Gasteiger partial charge in [-0.25, -0.2) is 9.59 Å². The highest BCUT2D eigenvalue weighted by Crippen LogP contribution is 2.18. The maximum atomic E-state index is 11.5. The summed E-state index contributed by atoms with van der Waals surface area (Å²) in [7, 11) is 0. The molecule has 1 heterocycles. The molecule has 1 aromatic rings. The van der Waals surface area contributed by atoms with Gasteiger partial charge in [0.1, 0.15) is 11.4 Å². The Hall–Kier alpha value is -2.05. The molecule has 0 saturated carbocycles. The molecule has 0 spiro atoms. The molecule has 1 atom stereocenters. The third-order valence-electron chi connectivity index (χ3n) is 2.16. The first-order valence-electron chi connectivity index (χ1n) is 5.52. The van der Waals surface area contributed by atoms with E-state index < -0.39 is 18.2 Å². The predicted octanol–water partition coefficient (Wildman–Crippen LogP) is 1.79. The highest BCUT2D eigenvalue weighted by atomic mass is 16.6. The normalized spacial score (nSPS) is 11.8. The molecule has 0 bridgehead atoms. The minimum Gasteiger partial charge on any atom is -0.463 e. The summed E-state index contributed by atoms with van der Waals surface area (Å²) in [4.78, 5) is 22.8. The van der Waals surface area contributed by atoms with Crippen molar-refractivity contribution in [2.24, 2.45) is 0 Å². The van der Waals surface area contributed by atoms with Gasteiger partial charge in [-0.3, -0.25) is 5.32 Å². The van der Waals surface area contributed by atoms with Crippen molar-refractivity contribution in [2.45, 2.75) is 33.8 Å². The van der Waals surface area contributed by atoms with Crippen molar-refractivity contribution < 1.29 is 23.6 Å². The smallest absolute Gasteiger partial charge is 0.412 e. The lowest BCUT2D eigenvalue weighted by Crippen LogP contribution is -2.28. The van der Waals surface area contributed by atoms with E-state index in [2.05, 4.69) is 10.5 Å². The van der Waals surface area contributed by atoms with Gasteiger partial charge in [-0.1, -0.05) is 5.16 Å². The van der Waals surface area contributed by atoms with E-state index in [0.29, 0.717) is 17.1 Å². The van der Waals surface area contributed by atoms with Crippen molar-refractivity contribution in [1.29, 1.82) is 0 Å². The van der Waals surface area contributed by atoms with Gasteiger partial charge in [0.25, 0.3) is 0 Å². The summed E-state index contributed by atoms with van der Waals surface area (Å²) in [5, 5.41) is 6.14. The van der Waals surface area contributed by atoms with Crippen LogP contribution in [0.1, 0.15) is 25.3 Å². The minimum absolute atomic E-state index is 0.234. The maximum absolute atomic E-state index is 11.5. The van der Waals surface area contributed by atoms with E-state index in [4.69, 9.17) is 14.0 Å². The van der Waals surface area contributed by atoms with Crippen LogP contribution in [0.15, 0.2) is 4.52 Å². The highest BCUT2D eigenvalue weighted by Gasteiger charge is 2.20. The number of carbonyl (C=O) groups is 2. The summed E-state index contributed by atoms with van der Waals surface area (Å²) in [5.41, 5.74) is 0.976. The number of hydrogen-bond acceptors (Lipinski definition) is 6. The molecule has 0 aromatic carbocycles. The number of aryl methyl sites for hydroxylation is 2. The number of nitrogens with zero attached hydrogens (tertiary/aromatic N) is 1. The number of hydrogen-bond donors (Lipinski definition) is 1. The SMILES string of the molecule is CCOC(=O)C(C)OC(=O)Nc1c(C)noc1C. The molecule has 1 rings (SSSR count). The van der Waals surface area contributed by atoms with Gasteiger partial charge in [-0.05, 0) is 27.7 Å². The number of carbonyl (C=O) groups excluding carboxylic acids is 2. The third-order valence-corrected chi connectivity index (χ3v) is 2.16. The van der Waals surface area contributed by atoms with Gasteiger partial charge in [0, 0.05) is 0 Å². The lowest BCUT2D eigenvalue weighted by molar-refractivity contribution is -0.151. The van der Waals surface area contributed by atoms with Crippen LogP contribution in [0.4, 0.5) is 10.5 Å². The Bertz CT molecular complexity index is 421. The maximum Gasteiger partial charge on any atom is 0.412 e. The van der Waals surface area contributed by atoms with Gasteiger partial charge in [0.2, 0.25) is 0 Å². The van der Waals surface area contributed by atoms with Crippen LogP contribution in [0.3, 0.4) is 0 Å². The molecule has 0 saturated heterocycles. The fourth-order valence-electron chi connectivity index (χ4n) is 1.26. The van der Waals surface area contributed by atoms with Gasteiger partial charge in [-0.15, -0.1) is 0 Å². The fraction of sp³-hybridized carbons (Fsp3) is 0.545. The number of amides is 1. The average Bonchev–Trinajstić information content (AvgIpc) is 2.61. The topological polar surface area (TPSA) is 90.7 Å². The molecule has 0 aliphatic rings. The molecule has 7 nitrogen and oxygen atoms in total. The zero-order valence-electron chi connectivity index (χ0n) is 10.8. The van der Waals surface area contributed by atoms with Crippen LogP contribution in [0.5, 0.6) is 0 Å². The van der Waals surface area contributed by atoms with Gasteiger partial charge >= 0.3 is 12.1 Å². The summed E-state index contributed by atoms with van der Waals surface area (Å²) in [6.45, 7) is 6.68. The second-order valence-electron chi connectivity index (χ2n) is 3.62. The number of rotatable bonds is 4. The molecule has 1 aromatic heterocycles. The van der Waals surface area contributed by atoms with Crippen molar-refractivity contribution in [3.05, 3.63) is 11.5 Å². The van der Waals surface area contributed by atoms with Crippen LogP contribution >= 0.6 is 0 Å². The van der Waals surface area contributed by atoms with Crippen LogP contribution in [0, 0.1) is 13.8 Å². The summed E-state index contributed by atoms with van der Waals surface area (Å²) >= 11 is 0. The molecular weight excluding hydrogens is 240 g/mol. The Morgan fingerprint density at radius 1 is 1.44 bits per heavy atom. The van der Waals surface area contributed by atoms with Crippen LogP contribution in [-0.2, 0) is 14.3 Å². The highest BCUT2D eigenvalue weighted by molar-refractivity contribution is 5.88. The first-order valence-corrected chi connectivity index (χ1v) is 5.52. The lowest BCUT2D eigenvalue weighted by Gasteiger charge is -2.12. The molecular formula is C11H16N2O5. The summed E-state index contributed by atoms with van der Waals surface area (Å²) in [6.07, 6.45) is -1.73. The fourth-order valence-corrected chi connectivity index (χ4v) is 1.26.